The third kappa shape index (κ3) is 5.10. The number of para-hydroxylation sites is 1. The van der Waals surface area contributed by atoms with Gasteiger partial charge in [0.15, 0.2) is 10.7 Å². The number of anilines is 1. The number of piperidine rings is 1. The van der Waals surface area contributed by atoms with Crippen LogP contribution >= 0.6 is 0 Å². The minimum Gasteiger partial charge on any atom is -0.355 e. The topological polar surface area (TPSA) is 92.5 Å². The van der Waals surface area contributed by atoms with Crippen LogP contribution in [0.25, 0.3) is 12.2 Å². The number of nitrogens with one attached hydrogen (secondary N) is 1. The van der Waals surface area contributed by atoms with Crippen LogP contribution in [0.2, 0.25) is 0 Å². The number of rotatable bonds is 6. The quantitative estimate of drug-likeness (QED) is 0.551. The molecular weight excluding hydrogens is 457 g/mol. The van der Waals surface area contributed by atoms with Crippen molar-refractivity contribution in [3.63, 3.8) is 0 Å². The van der Waals surface area contributed by atoms with Crippen molar-refractivity contribution in [1.29, 1.82) is 0 Å². The number of aryl methyl sites for hydroxylation is 2. The van der Waals surface area contributed by atoms with Crippen molar-refractivity contribution in [2.45, 2.75) is 31.6 Å². The average Bonchev–Trinajstić information content (AvgIpc) is 3.21. The average molecular weight is 484 g/mol. The largest absolute Gasteiger partial charge is 0.355 e. The molecule has 7 nitrogen and oxygen atoms in total. The maximum Gasteiger partial charge on any atom is 0.248 e. The van der Waals surface area contributed by atoms with Crippen LogP contribution in [0.1, 0.15) is 35.4 Å². The molecular formula is C25H26FN3O4S. The van der Waals surface area contributed by atoms with Gasteiger partial charge in [0.1, 0.15) is 11.5 Å². The predicted molar refractivity (Wildman–Crippen MR) is 128 cm³/mol. The van der Waals surface area contributed by atoms with E-state index in [0.29, 0.717) is 12.8 Å². The first-order chi connectivity index (χ1) is 16.3. The molecule has 0 bridgehead atoms. The zero-order valence-electron chi connectivity index (χ0n) is 19.0. The number of hydrogen-bond acceptors (Lipinski definition) is 5. The van der Waals surface area contributed by atoms with E-state index in [-0.39, 0.29) is 35.1 Å². The Bertz CT molecular complexity index is 1320. The molecule has 1 atom stereocenters. The SMILES string of the molecule is Cc1ccc(/C=C/c2onc(C)c2S(=O)(=O)N2CCC[C@H](C(=O)Nc3ccccc3F)C2)cc1. The van der Waals surface area contributed by atoms with Crippen molar-refractivity contribution in [1.82, 2.24) is 9.46 Å². The summed E-state index contributed by atoms with van der Waals surface area (Å²) in [7, 11) is -3.97. The summed E-state index contributed by atoms with van der Waals surface area (Å²) >= 11 is 0. The summed E-state index contributed by atoms with van der Waals surface area (Å²) in [5.74, 6) is -1.42. The summed E-state index contributed by atoms with van der Waals surface area (Å²) < 4.78 is 47.6. The molecule has 0 saturated carbocycles. The fourth-order valence-electron chi connectivity index (χ4n) is 3.95. The number of amides is 1. The highest BCUT2D eigenvalue weighted by atomic mass is 32.2. The summed E-state index contributed by atoms with van der Waals surface area (Å²) in [5, 5.41) is 6.45. The monoisotopic (exact) mass is 483 g/mol. The zero-order valence-corrected chi connectivity index (χ0v) is 19.8. The maximum absolute atomic E-state index is 13.9. The van der Waals surface area contributed by atoms with Gasteiger partial charge in [-0.25, -0.2) is 12.8 Å². The second kappa shape index (κ2) is 9.90. The smallest absolute Gasteiger partial charge is 0.248 e. The molecule has 1 fully saturated rings. The van der Waals surface area contributed by atoms with Crippen LogP contribution in [0.3, 0.4) is 0 Å². The molecule has 0 spiro atoms. The van der Waals surface area contributed by atoms with Crippen molar-refractivity contribution in [3.05, 3.63) is 76.9 Å². The van der Waals surface area contributed by atoms with Gasteiger partial charge in [-0.3, -0.25) is 4.79 Å². The van der Waals surface area contributed by atoms with E-state index in [4.69, 9.17) is 4.52 Å². The molecule has 1 aliphatic heterocycles. The van der Waals surface area contributed by atoms with Crippen LogP contribution in [0.15, 0.2) is 57.9 Å². The highest BCUT2D eigenvalue weighted by molar-refractivity contribution is 7.89. The molecule has 178 valence electrons. The highest BCUT2D eigenvalue weighted by Gasteiger charge is 2.37. The minimum absolute atomic E-state index is 0.00560. The van der Waals surface area contributed by atoms with Crippen LogP contribution in [0.5, 0.6) is 0 Å². The molecule has 4 rings (SSSR count). The number of benzene rings is 2. The van der Waals surface area contributed by atoms with Gasteiger partial charge in [0, 0.05) is 13.1 Å². The van der Waals surface area contributed by atoms with Gasteiger partial charge in [-0.2, -0.15) is 4.31 Å². The molecule has 0 aliphatic carbocycles. The lowest BCUT2D eigenvalue weighted by Crippen LogP contribution is -2.44. The molecule has 1 aliphatic rings. The van der Waals surface area contributed by atoms with E-state index in [9.17, 15) is 17.6 Å². The van der Waals surface area contributed by atoms with Gasteiger partial charge in [0.2, 0.25) is 15.9 Å². The van der Waals surface area contributed by atoms with Crippen LogP contribution in [-0.4, -0.2) is 36.9 Å². The van der Waals surface area contributed by atoms with Crippen molar-refractivity contribution in [2.24, 2.45) is 5.92 Å². The molecule has 0 unspecified atom stereocenters. The first kappa shape index (κ1) is 23.8. The Kier molecular flexibility index (Phi) is 6.95. The molecule has 2 heterocycles. The third-order valence-corrected chi connectivity index (χ3v) is 7.85. The Labute approximate surface area is 198 Å². The molecule has 34 heavy (non-hydrogen) atoms. The van der Waals surface area contributed by atoms with Crippen molar-refractivity contribution in [2.75, 3.05) is 18.4 Å². The fraction of sp³-hybridized carbons (Fsp3) is 0.280. The number of carbonyl (C=O) groups is 1. The lowest BCUT2D eigenvalue weighted by Gasteiger charge is -2.31. The standard InChI is InChI=1S/C25H26FN3O4S/c1-17-9-11-19(12-10-17)13-14-23-24(18(2)28-33-23)34(31,32)29-15-5-6-20(16-29)25(30)27-22-8-4-3-7-21(22)26/h3-4,7-14,20H,5-6,15-16H2,1-2H3,(H,27,30)/b14-13+/t20-/m0/s1. The summed E-state index contributed by atoms with van der Waals surface area (Å²) in [4.78, 5) is 12.7. The number of carbonyl (C=O) groups excluding carboxylic acids is 1. The van der Waals surface area contributed by atoms with E-state index in [2.05, 4.69) is 10.5 Å². The lowest BCUT2D eigenvalue weighted by atomic mass is 9.98. The number of hydrogen-bond donors (Lipinski definition) is 1. The summed E-state index contributed by atoms with van der Waals surface area (Å²) in [6.45, 7) is 3.83. The van der Waals surface area contributed by atoms with Gasteiger partial charge in [0.25, 0.3) is 0 Å². The second-order valence-electron chi connectivity index (χ2n) is 8.38. The molecule has 9 heteroatoms. The van der Waals surface area contributed by atoms with Crippen molar-refractivity contribution in [3.8, 4) is 0 Å². The van der Waals surface area contributed by atoms with Crippen molar-refractivity contribution >= 4 is 33.8 Å². The number of nitrogens with zero attached hydrogens (tertiary/aromatic N) is 2. The van der Waals surface area contributed by atoms with Gasteiger partial charge < -0.3 is 9.84 Å². The van der Waals surface area contributed by atoms with E-state index in [1.165, 1.54) is 22.5 Å². The Morgan fingerprint density at radius 3 is 2.62 bits per heavy atom. The molecule has 1 N–H and O–H groups in total. The summed E-state index contributed by atoms with van der Waals surface area (Å²) in [6.07, 6.45) is 4.37. The van der Waals surface area contributed by atoms with Gasteiger partial charge in [-0.15, -0.1) is 0 Å². The Morgan fingerprint density at radius 2 is 1.88 bits per heavy atom. The van der Waals surface area contributed by atoms with E-state index in [1.54, 1.807) is 25.1 Å². The van der Waals surface area contributed by atoms with E-state index < -0.39 is 27.7 Å². The first-order valence-electron chi connectivity index (χ1n) is 11.0. The number of halogens is 1. The lowest BCUT2D eigenvalue weighted by molar-refractivity contribution is -0.120. The van der Waals surface area contributed by atoms with Gasteiger partial charge >= 0.3 is 0 Å². The second-order valence-corrected chi connectivity index (χ2v) is 10.3. The molecule has 1 aromatic heterocycles. The first-order valence-corrected chi connectivity index (χ1v) is 12.5. The van der Waals surface area contributed by atoms with Crippen LogP contribution in [0.4, 0.5) is 10.1 Å². The number of aromatic nitrogens is 1. The molecule has 1 amide bonds. The normalized spacial score (nSPS) is 17.2. The Balaban J connectivity index is 1.54. The molecule has 2 aromatic carbocycles. The molecule has 1 saturated heterocycles. The highest BCUT2D eigenvalue weighted by Crippen LogP contribution is 2.30. The molecule has 0 radical (unpaired) electrons. The number of sulfonamides is 1. The summed E-state index contributed by atoms with van der Waals surface area (Å²) in [5.41, 5.74) is 2.34. The molecule has 3 aromatic rings. The fourth-order valence-corrected chi connectivity index (χ4v) is 5.72. The minimum atomic E-state index is -3.97. The summed E-state index contributed by atoms with van der Waals surface area (Å²) in [6, 6.07) is 13.7. The van der Waals surface area contributed by atoms with E-state index in [1.807, 2.05) is 31.2 Å². The van der Waals surface area contributed by atoms with E-state index >= 15 is 0 Å². The zero-order chi connectivity index (χ0) is 24.3. The van der Waals surface area contributed by atoms with Gasteiger partial charge in [-0.05, 0) is 50.5 Å². The van der Waals surface area contributed by atoms with Crippen LogP contribution in [0, 0.1) is 25.6 Å². The maximum atomic E-state index is 13.9. The van der Waals surface area contributed by atoms with Crippen LogP contribution < -0.4 is 5.32 Å². The Morgan fingerprint density at radius 1 is 1.15 bits per heavy atom. The van der Waals surface area contributed by atoms with Gasteiger partial charge in [-0.1, -0.05) is 53.2 Å². The third-order valence-electron chi connectivity index (χ3n) is 5.82. The van der Waals surface area contributed by atoms with Crippen LogP contribution in [-0.2, 0) is 14.8 Å². The van der Waals surface area contributed by atoms with E-state index in [0.717, 1.165) is 11.1 Å². The van der Waals surface area contributed by atoms with Gasteiger partial charge in [0.05, 0.1) is 11.6 Å². The predicted octanol–water partition coefficient (Wildman–Crippen LogP) is 4.64. The van der Waals surface area contributed by atoms with Crippen molar-refractivity contribution < 1.29 is 22.1 Å². The Hall–Kier alpha value is -3.30.